The molecule has 2 amide bonds. The lowest BCUT2D eigenvalue weighted by Gasteiger charge is -2.32. The topological polar surface area (TPSA) is 96.0 Å². The van der Waals surface area contributed by atoms with Crippen molar-refractivity contribution >= 4 is 39.1 Å². The standard InChI is InChI=1S/C29H34ClN3O5S/c1-5-17-31-29(35)22(3)32(19-23-11-13-26(38-4)14-12-23)28(34)20-33(25-8-6-7-24(30)18-25)39(36,37)27-15-9-21(2)10-16-27/h6-16,18,22H,5,17,19-20H2,1-4H3,(H,31,35)/t22-/m0/s1. The summed E-state index contributed by atoms with van der Waals surface area (Å²) in [6, 6.07) is 19.0. The number of hydrogen-bond donors (Lipinski definition) is 1. The van der Waals surface area contributed by atoms with Crippen LogP contribution in [0, 0.1) is 6.92 Å². The first-order valence-corrected chi connectivity index (χ1v) is 14.4. The zero-order chi connectivity index (χ0) is 28.6. The van der Waals surface area contributed by atoms with Crippen molar-refractivity contribution in [1.82, 2.24) is 10.2 Å². The van der Waals surface area contributed by atoms with Gasteiger partial charge in [-0.3, -0.25) is 13.9 Å². The number of anilines is 1. The highest BCUT2D eigenvalue weighted by Crippen LogP contribution is 2.27. The third-order valence-electron chi connectivity index (χ3n) is 6.21. The summed E-state index contributed by atoms with van der Waals surface area (Å²) >= 11 is 6.20. The van der Waals surface area contributed by atoms with Gasteiger partial charge in [-0.1, -0.05) is 54.4 Å². The Balaban J connectivity index is 2.01. The second-order valence-electron chi connectivity index (χ2n) is 9.14. The molecule has 1 N–H and O–H groups in total. The first-order valence-electron chi connectivity index (χ1n) is 12.6. The van der Waals surface area contributed by atoms with Crippen molar-refractivity contribution in [2.75, 3.05) is 24.5 Å². The summed E-state index contributed by atoms with van der Waals surface area (Å²) in [5.41, 5.74) is 1.90. The van der Waals surface area contributed by atoms with Gasteiger partial charge in [0.1, 0.15) is 18.3 Å². The summed E-state index contributed by atoms with van der Waals surface area (Å²) in [4.78, 5) is 28.2. The fourth-order valence-corrected chi connectivity index (χ4v) is 5.49. The molecule has 0 radical (unpaired) electrons. The van der Waals surface area contributed by atoms with Crippen LogP contribution in [0.1, 0.15) is 31.4 Å². The molecule has 0 unspecified atom stereocenters. The molecule has 0 heterocycles. The highest BCUT2D eigenvalue weighted by Gasteiger charge is 2.32. The van der Waals surface area contributed by atoms with E-state index in [0.29, 0.717) is 17.3 Å². The van der Waals surface area contributed by atoms with Crippen LogP contribution in [0.5, 0.6) is 5.75 Å². The summed E-state index contributed by atoms with van der Waals surface area (Å²) < 4.78 is 33.9. The fraction of sp³-hybridized carbons (Fsp3) is 0.310. The Morgan fingerprint density at radius 3 is 2.28 bits per heavy atom. The summed E-state index contributed by atoms with van der Waals surface area (Å²) in [7, 11) is -2.59. The lowest BCUT2D eigenvalue weighted by molar-refractivity contribution is -0.139. The molecule has 0 saturated carbocycles. The fourth-order valence-electron chi connectivity index (χ4n) is 3.90. The van der Waals surface area contributed by atoms with E-state index in [0.717, 1.165) is 21.9 Å². The maximum absolute atomic E-state index is 13.9. The summed E-state index contributed by atoms with van der Waals surface area (Å²) in [5, 5.41) is 3.15. The van der Waals surface area contributed by atoms with Crippen LogP contribution in [-0.2, 0) is 26.2 Å². The molecule has 3 aromatic rings. The quantitative estimate of drug-likeness (QED) is 0.337. The predicted octanol–water partition coefficient (Wildman–Crippen LogP) is 4.80. The van der Waals surface area contributed by atoms with Crippen molar-refractivity contribution in [3.63, 3.8) is 0 Å². The van der Waals surface area contributed by atoms with E-state index < -0.39 is 28.5 Å². The second kappa shape index (κ2) is 13.5. The van der Waals surface area contributed by atoms with Crippen molar-refractivity contribution in [1.29, 1.82) is 0 Å². The Morgan fingerprint density at radius 1 is 1.03 bits per heavy atom. The Bertz CT molecular complexity index is 1380. The number of nitrogens with zero attached hydrogens (tertiary/aromatic N) is 2. The largest absolute Gasteiger partial charge is 0.497 e. The number of ether oxygens (including phenoxy) is 1. The maximum Gasteiger partial charge on any atom is 0.264 e. The Hall–Kier alpha value is -3.56. The number of nitrogens with one attached hydrogen (secondary N) is 1. The molecule has 0 spiro atoms. The van der Waals surface area contributed by atoms with Gasteiger partial charge >= 0.3 is 0 Å². The molecule has 8 nitrogen and oxygen atoms in total. The monoisotopic (exact) mass is 571 g/mol. The van der Waals surface area contributed by atoms with Crippen LogP contribution in [0.3, 0.4) is 0 Å². The normalized spacial score (nSPS) is 11.9. The molecule has 39 heavy (non-hydrogen) atoms. The zero-order valence-corrected chi connectivity index (χ0v) is 24.1. The van der Waals surface area contributed by atoms with Crippen LogP contribution in [0.4, 0.5) is 5.69 Å². The third kappa shape index (κ3) is 7.74. The highest BCUT2D eigenvalue weighted by atomic mass is 35.5. The molecular formula is C29H34ClN3O5S. The van der Waals surface area contributed by atoms with Gasteiger partial charge in [0.25, 0.3) is 10.0 Å². The molecule has 10 heteroatoms. The minimum absolute atomic E-state index is 0.0383. The van der Waals surface area contributed by atoms with Gasteiger partial charge in [0.15, 0.2) is 0 Å². The van der Waals surface area contributed by atoms with E-state index in [4.69, 9.17) is 16.3 Å². The molecule has 3 rings (SSSR count). The average molecular weight is 572 g/mol. The Morgan fingerprint density at radius 2 is 1.69 bits per heavy atom. The van der Waals surface area contributed by atoms with E-state index >= 15 is 0 Å². The SMILES string of the molecule is CCCNC(=O)[C@H](C)N(Cc1ccc(OC)cc1)C(=O)CN(c1cccc(Cl)c1)S(=O)(=O)c1ccc(C)cc1. The van der Waals surface area contributed by atoms with Crippen molar-refractivity contribution < 1.29 is 22.7 Å². The van der Waals surface area contributed by atoms with E-state index in [2.05, 4.69) is 5.32 Å². The number of carbonyl (C=O) groups is 2. The van der Waals surface area contributed by atoms with Gasteiger partial charge in [-0.05, 0) is 68.3 Å². The molecule has 3 aromatic carbocycles. The summed E-state index contributed by atoms with van der Waals surface area (Å²) in [6.07, 6.45) is 0.738. The van der Waals surface area contributed by atoms with Gasteiger partial charge in [-0.25, -0.2) is 8.42 Å². The van der Waals surface area contributed by atoms with Crippen LogP contribution < -0.4 is 14.4 Å². The molecule has 0 fully saturated rings. The van der Waals surface area contributed by atoms with Crippen LogP contribution in [0.2, 0.25) is 5.02 Å². The number of carbonyl (C=O) groups excluding carboxylic acids is 2. The van der Waals surface area contributed by atoms with Crippen molar-refractivity contribution in [2.24, 2.45) is 0 Å². The van der Waals surface area contributed by atoms with Gasteiger partial charge in [0.2, 0.25) is 11.8 Å². The molecule has 208 valence electrons. The zero-order valence-electron chi connectivity index (χ0n) is 22.6. The minimum Gasteiger partial charge on any atom is -0.497 e. The lowest BCUT2D eigenvalue weighted by atomic mass is 10.1. The molecule has 0 saturated heterocycles. The van der Waals surface area contributed by atoms with Crippen LogP contribution >= 0.6 is 11.6 Å². The van der Waals surface area contributed by atoms with Crippen LogP contribution in [-0.4, -0.2) is 51.4 Å². The third-order valence-corrected chi connectivity index (χ3v) is 8.24. The maximum atomic E-state index is 13.9. The van der Waals surface area contributed by atoms with E-state index in [1.54, 1.807) is 68.6 Å². The van der Waals surface area contributed by atoms with E-state index in [-0.39, 0.29) is 23.0 Å². The first kappa shape index (κ1) is 30.0. The van der Waals surface area contributed by atoms with Gasteiger partial charge in [0.05, 0.1) is 17.7 Å². The molecule has 0 bridgehead atoms. The second-order valence-corrected chi connectivity index (χ2v) is 11.4. The summed E-state index contributed by atoms with van der Waals surface area (Å²) in [5.74, 6) is -0.211. The van der Waals surface area contributed by atoms with Crippen LogP contribution in [0.25, 0.3) is 0 Å². The first-order chi connectivity index (χ1) is 18.6. The summed E-state index contributed by atoms with van der Waals surface area (Å²) in [6.45, 7) is 5.45. The number of methoxy groups -OCH3 is 1. The number of benzene rings is 3. The van der Waals surface area contributed by atoms with Gasteiger partial charge in [-0.15, -0.1) is 0 Å². The average Bonchev–Trinajstić information content (AvgIpc) is 2.93. The highest BCUT2D eigenvalue weighted by molar-refractivity contribution is 7.92. The van der Waals surface area contributed by atoms with Gasteiger partial charge < -0.3 is 15.0 Å². The number of amides is 2. The number of rotatable bonds is 12. The predicted molar refractivity (Wildman–Crippen MR) is 153 cm³/mol. The van der Waals surface area contributed by atoms with E-state index in [9.17, 15) is 18.0 Å². The molecule has 0 aliphatic carbocycles. The van der Waals surface area contributed by atoms with Crippen molar-refractivity contribution in [3.8, 4) is 5.75 Å². The number of sulfonamides is 1. The Labute approximate surface area is 235 Å². The van der Waals surface area contributed by atoms with Crippen molar-refractivity contribution in [2.45, 2.75) is 44.7 Å². The molecule has 0 aliphatic heterocycles. The Kier molecular flexibility index (Phi) is 10.4. The number of hydrogen-bond acceptors (Lipinski definition) is 5. The molecule has 1 atom stereocenters. The van der Waals surface area contributed by atoms with Crippen LogP contribution in [0.15, 0.2) is 77.7 Å². The number of aryl methyl sites for hydroxylation is 1. The molecule has 0 aliphatic rings. The van der Waals surface area contributed by atoms with E-state index in [1.165, 1.54) is 23.1 Å². The van der Waals surface area contributed by atoms with Crippen molar-refractivity contribution in [3.05, 3.63) is 88.9 Å². The lowest BCUT2D eigenvalue weighted by Crippen LogP contribution is -2.51. The minimum atomic E-state index is -4.15. The number of halogens is 1. The van der Waals surface area contributed by atoms with Gasteiger partial charge in [-0.2, -0.15) is 0 Å². The molecular weight excluding hydrogens is 538 g/mol. The van der Waals surface area contributed by atoms with Gasteiger partial charge in [0, 0.05) is 18.1 Å². The molecule has 0 aromatic heterocycles. The van der Waals surface area contributed by atoms with E-state index in [1.807, 2.05) is 13.8 Å². The smallest absolute Gasteiger partial charge is 0.264 e.